The Kier molecular flexibility index (Phi) is 6.61. The van der Waals surface area contributed by atoms with E-state index in [1.165, 1.54) is 57.8 Å². The van der Waals surface area contributed by atoms with E-state index in [1.54, 1.807) is 0 Å². The Hall–Kier alpha value is -0.530. The van der Waals surface area contributed by atoms with Crippen LogP contribution in [0.3, 0.4) is 0 Å². The number of amides is 1. The summed E-state index contributed by atoms with van der Waals surface area (Å²) in [5, 5.41) is 0. The number of primary amides is 1. The van der Waals surface area contributed by atoms with E-state index >= 15 is 0 Å². The van der Waals surface area contributed by atoms with Crippen LogP contribution >= 0.6 is 0 Å². The monoisotopic (exact) mass is 239 g/mol. The lowest BCUT2D eigenvalue weighted by Gasteiger charge is -2.38. The lowest BCUT2D eigenvalue weighted by atomic mass is 9.65. The molecule has 0 aliphatic heterocycles. The first-order valence-electron chi connectivity index (χ1n) is 7.51. The Morgan fingerprint density at radius 3 is 1.94 bits per heavy atom. The summed E-state index contributed by atoms with van der Waals surface area (Å²) in [4.78, 5) is 11.4. The van der Waals surface area contributed by atoms with Gasteiger partial charge in [-0.1, -0.05) is 64.7 Å². The van der Waals surface area contributed by atoms with Gasteiger partial charge in [-0.3, -0.25) is 4.79 Å². The molecule has 0 saturated heterocycles. The van der Waals surface area contributed by atoms with Gasteiger partial charge >= 0.3 is 0 Å². The van der Waals surface area contributed by atoms with E-state index in [0.717, 1.165) is 19.3 Å². The van der Waals surface area contributed by atoms with E-state index in [-0.39, 0.29) is 11.3 Å². The molecule has 0 radical (unpaired) electrons. The standard InChI is InChI=1S/C15H29NO/c1-2-3-4-5-6-7-8-9-11-15(14(16)17)12-10-13-15/h2-13H2,1H3,(H2,16,17). The maximum Gasteiger partial charge on any atom is 0.223 e. The predicted octanol–water partition coefficient (Wildman–Crippen LogP) is 4.17. The minimum atomic E-state index is -0.0950. The summed E-state index contributed by atoms with van der Waals surface area (Å²) in [5.74, 6) is -0.0494. The Balaban J connectivity index is 1.95. The largest absolute Gasteiger partial charge is 0.369 e. The van der Waals surface area contributed by atoms with Crippen molar-refractivity contribution in [3.05, 3.63) is 0 Å². The molecule has 1 saturated carbocycles. The van der Waals surface area contributed by atoms with Gasteiger partial charge in [0.1, 0.15) is 0 Å². The van der Waals surface area contributed by atoms with Crippen molar-refractivity contribution in [3.8, 4) is 0 Å². The highest BCUT2D eigenvalue weighted by Gasteiger charge is 2.41. The zero-order valence-electron chi connectivity index (χ0n) is 11.5. The fourth-order valence-electron chi connectivity index (χ4n) is 2.82. The summed E-state index contributed by atoms with van der Waals surface area (Å²) in [5.41, 5.74) is 5.39. The van der Waals surface area contributed by atoms with Crippen LogP contribution in [0.1, 0.15) is 84.0 Å². The molecule has 0 aromatic heterocycles. The quantitative estimate of drug-likeness (QED) is 0.571. The normalized spacial score (nSPS) is 17.7. The van der Waals surface area contributed by atoms with Crippen LogP contribution < -0.4 is 5.73 Å². The van der Waals surface area contributed by atoms with Crippen LogP contribution in [0.5, 0.6) is 0 Å². The van der Waals surface area contributed by atoms with Gasteiger partial charge in [-0.15, -0.1) is 0 Å². The van der Waals surface area contributed by atoms with Crippen LogP contribution in [0.25, 0.3) is 0 Å². The van der Waals surface area contributed by atoms with E-state index in [1.807, 2.05) is 0 Å². The Morgan fingerprint density at radius 1 is 1.00 bits per heavy atom. The number of rotatable bonds is 10. The van der Waals surface area contributed by atoms with E-state index in [2.05, 4.69) is 6.92 Å². The van der Waals surface area contributed by atoms with Crippen molar-refractivity contribution in [1.82, 2.24) is 0 Å². The first-order valence-corrected chi connectivity index (χ1v) is 7.51. The van der Waals surface area contributed by atoms with E-state index in [0.29, 0.717) is 0 Å². The van der Waals surface area contributed by atoms with E-state index < -0.39 is 0 Å². The average Bonchev–Trinajstić information content (AvgIpc) is 2.24. The molecule has 1 rings (SSSR count). The second-order valence-electron chi connectivity index (χ2n) is 5.72. The molecule has 17 heavy (non-hydrogen) atoms. The molecule has 1 amide bonds. The summed E-state index contributed by atoms with van der Waals surface area (Å²) in [7, 11) is 0. The van der Waals surface area contributed by atoms with Gasteiger partial charge in [0.15, 0.2) is 0 Å². The smallest absolute Gasteiger partial charge is 0.223 e. The lowest BCUT2D eigenvalue weighted by molar-refractivity contribution is -0.133. The molecule has 1 aliphatic rings. The van der Waals surface area contributed by atoms with Gasteiger partial charge in [0.2, 0.25) is 5.91 Å². The molecule has 2 N–H and O–H groups in total. The molecule has 100 valence electrons. The van der Waals surface area contributed by atoms with Crippen LogP contribution in [0.4, 0.5) is 0 Å². The van der Waals surface area contributed by atoms with E-state index in [9.17, 15) is 4.79 Å². The summed E-state index contributed by atoms with van der Waals surface area (Å²) < 4.78 is 0. The van der Waals surface area contributed by atoms with Crippen LogP contribution in [0.15, 0.2) is 0 Å². The zero-order chi connectivity index (χ0) is 12.6. The molecule has 0 spiro atoms. The Labute approximate surface area is 106 Å². The van der Waals surface area contributed by atoms with Crippen LogP contribution in [0.2, 0.25) is 0 Å². The molecule has 2 heteroatoms. The fraction of sp³-hybridized carbons (Fsp3) is 0.933. The van der Waals surface area contributed by atoms with Crippen LogP contribution in [-0.2, 0) is 4.79 Å². The van der Waals surface area contributed by atoms with Crippen molar-refractivity contribution in [3.63, 3.8) is 0 Å². The van der Waals surface area contributed by atoms with Gasteiger partial charge in [0.25, 0.3) is 0 Å². The minimum absolute atomic E-state index is 0.0494. The lowest BCUT2D eigenvalue weighted by Crippen LogP contribution is -2.42. The van der Waals surface area contributed by atoms with Gasteiger partial charge in [-0.25, -0.2) is 0 Å². The van der Waals surface area contributed by atoms with Crippen LogP contribution in [0, 0.1) is 5.41 Å². The number of unbranched alkanes of at least 4 members (excludes halogenated alkanes) is 7. The van der Waals surface area contributed by atoms with Gasteiger partial charge in [0.05, 0.1) is 0 Å². The van der Waals surface area contributed by atoms with Gasteiger partial charge in [0, 0.05) is 5.41 Å². The summed E-state index contributed by atoms with van der Waals surface area (Å²) in [6, 6.07) is 0. The molecule has 0 aromatic carbocycles. The van der Waals surface area contributed by atoms with Crippen molar-refractivity contribution >= 4 is 5.91 Å². The fourth-order valence-corrected chi connectivity index (χ4v) is 2.82. The molecule has 0 bridgehead atoms. The zero-order valence-corrected chi connectivity index (χ0v) is 11.5. The maximum absolute atomic E-state index is 11.4. The average molecular weight is 239 g/mol. The van der Waals surface area contributed by atoms with Crippen molar-refractivity contribution in [2.24, 2.45) is 11.1 Å². The first-order chi connectivity index (χ1) is 8.21. The summed E-state index contributed by atoms with van der Waals surface area (Å²) in [6.45, 7) is 2.25. The molecule has 0 unspecified atom stereocenters. The highest BCUT2D eigenvalue weighted by Crippen LogP contribution is 2.44. The maximum atomic E-state index is 11.4. The molecule has 1 aliphatic carbocycles. The molecule has 0 atom stereocenters. The third-order valence-electron chi connectivity index (χ3n) is 4.34. The van der Waals surface area contributed by atoms with Gasteiger partial charge < -0.3 is 5.73 Å². The second-order valence-corrected chi connectivity index (χ2v) is 5.72. The predicted molar refractivity (Wildman–Crippen MR) is 72.7 cm³/mol. The number of nitrogens with two attached hydrogens (primary N) is 1. The first kappa shape index (κ1) is 14.5. The number of carbonyl (C=O) groups excluding carboxylic acids is 1. The number of carbonyl (C=O) groups is 1. The minimum Gasteiger partial charge on any atom is -0.369 e. The molecule has 0 aromatic rings. The van der Waals surface area contributed by atoms with Crippen molar-refractivity contribution < 1.29 is 4.79 Å². The van der Waals surface area contributed by atoms with E-state index in [4.69, 9.17) is 5.73 Å². The van der Waals surface area contributed by atoms with Crippen molar-refractivity contribution in [2.45, 2.75) is 84.0 Å². The van der Waals surface area contributed by atoms with Crippen molar-refractivity contribution in [1.29, 1.82) is 0 Å². The molecular formula is C15H29NO. The van der Waals surface area contributed by atoms with Gasteiger partial charge in [-0.2, -0.15) is 0 Å². The highest BCUT2D eigenvalue weighted by atomic mass is 16.1. The second kappa shape index (κ2) is 7.73. The third kappa shape index (κ3) is 4.69. The summed E-state index contributed by atoms with van der Waals surface area (Å²) >= 11 is 0. The topological polar surface area (TPSA) is 43.1 Å². The molecule has 0 heterocycles. The number of hydrogen-bond donors (Lipinski definition) is 1. The molecule has 2 nitrogen and oxygen atoms in total. The van der Waals surface area contributed by atoms with Crippen molar-refractivity contribution in [2.75, 3.05) is 0 Å². The summed E-state index contributed by atoms with van der Waals surface area (Å²) in [6.07, 6.45) is 15.0. The SMILES string of the molecule is CCCCCCCCCCC1(C(N)=O)CCC1. The number of hydrogen-bond acceptors (Lipinski definition) is 1. The Bertz CT molecular complexity index is 221. The molecular weight excluding hydrogens is 210 g/mol. The third-order valence-corrected chi connectivity index (χ3v) is 4.34. The van der Waals surface area contributed by atoms with Crippen LogP contribution in [-0.4, -0.2) is 5.91 Å². The van der Waals surface area contributed by atoms with Gasteiger partial charge in [-0.05, 0) is 19.3 Å². The highest BCUT2D eigenvalue weighted by molar-refractivity contribution is 5.81. The molecule has 1 fully saturated rings. The Morgan fingerprint density at radius 2 is 1.53 bits per heavy atom.